The number of fused-ring (bicyclic) bond motifs is 1. The van der Waals surface area contributed by atoms with Crippen LogP contribution in [0.4, 0.5) is 27.6 Å². The maximum atomic E-state index is 14.9. The number of alkyl halides is 3. The summed E-state index contributed by atoms with van der Waals surface area (Å²) in [5.41, 5.74) is -1.35. The topological polar surface area (TPSA) is 54.5 Å². The van der Waals surface area contributed by atoms with Gasteiger partial charge < -0.3 is 15.0 Å². The van der Waals surface area contributed by atoms with Crippen LogP contribution in [0.5, 0.6) is 0 Å². The van der Waals surface area contributed by atoms with Crippen LogP contribution in [-0.4, -0.2) is 44.2 Å². The number of hydrogen-bond acceptors (Lipinski definition) is 4. The van der Waals surface area contributed by atoms with E-state index in [0.29, 0.717) is 43.4 Å². The van der Waals surface area contributed by atoms with Crippen LogP contribution in [0.25, 0.3) is 22.0 Å². The Hall–Kier alpha value is -3.27. The van der Waals surface area contributed by atoms with Crippen molar-refractivity contribution in [1.82, 2.24) is 10.3 Å². The summed E-state index contributed by atoms with van der Waals surface area (Å²) >= 11 is 0. The van der Waals surface area contributed by atoms with Crippen LogP contribution in [0.2, 0.25) is 0 Å². The lowest BCUT2D eigenvalue weighted by atomic mass is 9.96. The third kappa shape index (κ3) is 3.86. The maximum absolute atomic E-state index is 14.9. The molecule has 0 atom stereocenters. The lowest BCUT2D eigenvalue weighted by Crippen LogP contribution is -2.38. The number of para-hydroxylation sites is 1. The van der Waals surface area contributed by atoms with Crippen LogP contribution < -0.4 is 10.2 Å². The van der Waals surface area contributed by atoms with Gasteiger partial charge in [-0.2, -0.15) is 13.2 Å². The van der Waals surface area contributed by atoms with Crippen LogP contribution >= 0.6 is 0 Å². The van der Waals surface area contributed by atoms with Crippen molar-refractivity contribution in [3.05, 3.63) is 59.3 Å². The average molecular weight is 451 g/mol. The molecule has 1 saturated heterocycles. The molecule has 1 aliphatic heterocycles. The van der Waals surface area contributed by atoms with Gasteiger partial charge in [0.2, 0.25) is 0 Å². The summed E-state index contributed by atoms with van der Waals surface area (Å²) in [6.45, 7) is 1.79. The number of pyridine rings is 1. The van der Waals surface area contributed by atoms with Crippen molar-refractivity contribution < 1.29 is 31.5 Å². The van der Waals surface area contributed by atoms with Gasteiger partial charge in [0, 0.05) is 42.8 Å². The highest BCUT2D eigenvalue weighted by Crippen LogP contribution is 2.40. The quantitative estimate of drug-likeness (QED) is 0.600. The third-order valence-corrected chi connectivity index (χ3v) is 5.30. The van der Waals surface area contributed by atoms with Gasteiger partial charge in [0.1, 0.15) is 11.6 Å². The third-order valence-electron chi connectivity index (χ3n) is 5.30. The van der Waals surface area contributed by atoms with Crippen molar-refractivity contribution in [2.75, 3.05) is 38.3 Å². The van der Waals surface area contributed by atoms with Crippen LogP contribution in [-0.2, 0) is 10.9 Å². The number of aromatic nitrogens is 1. The minimum Gasteiger partial charge on any atom is -0.378 e. The molecular weight excluding hydrogens is 433 g/mol. The number of hydrogen-bond donors (Lipinski definition) is 1. The summed E-state index contributed by atoms with van der Waals surface area (Å²) in [4.78, 5) is 18.6. The molecule has 0 saturated carbocycles. The number of rotatable bonds is 3. The van der Waals surface area contributed by atoms with E-state index in [1.807, 2.05) is 4.90 Å². The molecule has 10 heteroatoms. The predicted molar refractivity (Wildman–Crippen MR) is 109 cm³/mol. The molecule has 32 heavy (non-hydrogen) atoms. The van der Waals surface area contributed by atoms with Crippen LogP contribution in [0.3, 0.4) is 0 Å². The first-order chi connectivity index (χ1) is 15.2. The summed E-state index contributed by atoms with van der Waals surface area (Å²) in [6, 6.07) is 5.36. The molecule has 0 spiro atoms. The summed E-state index contributed by atoms with van der Waals surface area (Å²) in [5, 5.41) is 2.97. The van der Waals surface area contributed by atoms with Gasteiger partial charge in [-0.25, -0.2) is 8.78 Å². The number of morpholine rings is 1. The second-order valence-corrected chi connectivity index (χ2v) is 7.21. The van der Waals surface area contributed by atoms with Gasteiger partial charge in [-0.05, 0) is 12.1 Å². The van der Waals surface area contributed by atoms with Gasteiger partial charge in [0.15, 0.2) is 0 Å². The van der Waals surface area contributed by atoms with E-state index in [1.165, 1.54) is 25.4 Å². The fourth-order valence-corrected chi connectivity index (χ4v) is 3.85. The Kier molecular flexibility index (Phi) is 5.72. The van der Waals surface area contributed by atoms with E-state index in [0.717, 1.165) is 0 Å². The number of nitrogens with one attached hydrogen (secondary N) is 1. The smallest absolute Gasteiger partial charge is 0.378 e. The Balaban J connectivity index is 2.00. The summed E-state index contributed by atoms with van der Waals surface area (Å²) in [7, 11) is 1.47. The van der Waals surface area contributed by atoms with Gasteiger partial charge in [-0.15, -0.1) is 0 Å². The molecule has 0 radical (unpaired) electrons. The van der Waals surface area contributed by atoms with Crippen LogP contribution in [0.15, 0.2) is 36.5 Å². The molecule has 1 fully saturated rings. The van der Waals surface area contributed by atoms with E-state index in [-0.39, 0.29) is 22.7 Å². The molecule has 168 valence electrons. The van der Waals surface area contributed by atoms with Gasteiger partial charge >= 0.3 is 6.18 Å². The molecule has 0 unspecified atom stereocenters. The first-order valence-corrected chi connectivity index (χ1v) is 9.75. The van der Waals surface area contributed by atoms with Crippen LogP contribution in [0, 0.1) is 11.6 Å². The first-order valence-electron chi connectivity index (χ1n) is 9.75. The first kappa shape index (κ1) is 21.9. The molecular formula is C22H18F5N3O2. The van der Waals surface area contributed by atoms with E-state index in [1.54, 1.807) is 6.07 Å². The number of amides is 1. The highest BCUT2D eigenvalue weighted by molar-refractivity contribution is 6.10. The van der Waals surface area contributed by atoms with Gasteiger partial charge in [-0.1, -0.05) is 18.2 Å². The standard InChI is InChI=1S/C22H18F5N3O2/c1-28-21(31)16-11-29-19-13(15-9-12(23)10-17(18(15)24)22(25,26)27)3-2-4-14(19)20(16)30-5-7-32-8-6-30/h2-4,9-11H,5-8H2,1H3,(H,28,31). The second-order valence-electron chi connectivity index (χ2n) is 7.21. The molecule has 0 aliphatic carbocycles. The minimum absolute atomic E-state index is 0.0111. The molecule has 1 aromatic heterocycles. The molecule has 5 nitrogen and oxygen atoms in total. The Labute approximate surface area is 179 Å². The normalized spacial score (nSPS) is 14.6. The highest BCUT2D eigenvalue weighted by Gasteiger charge is 2.36. The van der Waals surface area contributed by atoms with Crippen molar-refractivity contribution in [2.45, 2.75) is 6.18 Å². The minimum atomic E-state index is -5.07. The van der Waals surface area contributed by atoms with Crippen molar-refractivity contribution in [2.24, 2.45) is 0 Å². The van der Waals surface area contributed by atoms with Gasteiger partial charge in [-0.3, -0.25) is 9.78 Å². The maximum Gasteiger partial charge on any atom is 0.419 e. The van der Waals surface area contributed by atoms with E-state index >= 15 is 0 Å². The summed E-state index contributed by atoms with van der Waals surface area (Å²) < 4.78 is 74.0. The van der Waals surface area contributed by atoms with E-state index in [4.69, 9.17) is 4.74 Å². The van der Waals surface area contributed by atoms with Crippen molar-refractivity contribution >= 4 is 22.5 Å². The van der Waals surface area contributed by atoms with Crippen molar-refractivity contribution in [3.8, 4) is 11.1 Å². The number of anilines is 1. The molecule has 1 aliphatic rings. The molecule has 1 N–H and O–H groups in total. The number of carbonyl (C=O) groups is 1. The number of halogens is 5. The molecule has 4 rings (SSSR count). The van der Waals surface area contributed by atoms with E-state index < -0.39 is 34.8 Å². The summed E-state index contributed by atoms with van der Waals surface area (Å²) in [5.74, 6) is -3.21. The predicted octanol–water partition coefficient (Wildman–Crippen LogP) is 4.40. The Morgan fingerprint density at radius 3 is 2.50 bits per heavy atom. The molecule has 1 amide bonds. The fraction of sp³-hybridized carbons (Fsp3) is 0.273. The van der Waals surface area contributed by atoms with E-state index in [2.05, 4.69) is 10.3 Å². The number of carbonyl (C=O) groups excluding carboxylic acids is 1. The molecule has 3 aromatic rings. The number of benzene rings is 2. The Morgan fingerprint density at radius 1 is 1.12 bits per heavy atom. The molecule has 2 aromatic carbocycles. The zero-order valence-electron chi connectivity index (χ0n) is 16.9. The average Bonchev–Trinajstić information content (AvgIpc) is 2.78. The number of nitrogens with zero attached hydrogens (tertiary/aromatic N) is 2. The molecule has 2 heterocycles. The lowest BCUT2D eigenvalue weighted by Gasteiger charge is -2.31. The SMILES string of the molecule is CNC(=O)c1cnc2c(-c3cc(F)cc(C(F)(F)F)c3F)cccc2c1N1CCOCC1. The monoisotopic (exact) mass is 451 g/mol. The Bertz CT molecular complexity index is 1190. The largest absolute Gasteiger partial charge is 0.419 e. The highest BCUT2D eigenvalue weighted by atomic mass is 19.4. The van der Waals surface area contributed by atoms with Crippen molar-refractivity contribution in [3.63, 3.8) is 0 Å². The fourth-order valence-electron chi connectivity index (χ4n) is 3.85. The lowest BCUT2D eigenvalue weighted by molar-refractivity contribution is -0.140. The Morgan fingerprint density at radius 2 is 1.84 bits per heavy atom. The number of ether oxygens (including phenoxy) is 1. The second kappa shape index (κ2) is 8.34. The summed E-state index contributed by atoms with van der Waals surface area (Å²) in [6.07, 6.45) is -3.78. The van der Waals surface area contributed by atoms with Gasteiger partial charge in [0.05, 0.1) is 35.5 Å². The molecule has 0 bridgehead atoms. The van der Waals surface area contributed by atoms with Crippen molar-refractivity contribution in [1.29, 1.82) is 0 Å². The zero-order valence-corrected chi connectivity index (χ0v) is 16.9. The van der Waals surface area contributed by atoms with Crippen LogP contribution in [0.1, 0.15) is 15.9 Å². The zero-order chi connectivity index (χ0) is 23.0. The van der Waals surface area contributed by atoms with Gasteiger partial charge in [0.25, 0.3) is 5.91 Å². The van der Waals surface area contributed by atoms with E-state index in [9.17, 15) is 26.7 Å².